The fraction of sp³-hybridized carbons (Fsp3) is 0.360. The van der Waals surface area contributed by atoms with Crippen LogP contribution in [0.15, 0.2) is 46.5 Å². The summed E-state index contributed by atoms with van der Waals surface area (Å²) in [6.45, 7) is 11.1. The molecule has 0 amide bonds. The van der Waals surface area contributed by atoms with Crippen molar-refractivity contribution in [1.82, 2.24) is 14.7 Å². The number of aromatic nitrogens is 1. The Morgan fingerprint density at radius 3 is 2.35 bits per heavy atom. The largest absolute Gasteiger partial charge is 0.361 e. The lowest BCUT2D eigenvalue weighted by Crippen LogP contribution is -2.32. The van der Waals surface area contributed by atoms with E-state index in [1.807, 2.05) is 27.7 Å². The molecule has 0 fully saturated rings. The van der Waals surface area contributed by atoms with Crippen LogP contribution in [0.25, 0.3) is 10.9 Å². The number of fused-ring (bicyclic) bond motifs is 1. The van der Waals surface area contributed by atoms with E-state index in [2.05, 4.69) is 39.9 Å². The molecule has 34 heavy (non-hydrogen) atoms. The van der Waals surface area contributed by atoms with Gasteiger partial charge >= 0.3 is 0 Å². The summed E-state index contributed by atoms with van der Waals surface area (Å²) < 4.78 is 27.9. The van der Waals surface area contributed by atoms with E-state index in [0.717, 1.165) is 46.1 Å². The molecule has 182 valence electrons. The predicted molar refractivity (Wildman–Crippen MR) is 145 cm³/mol. The first kappa shape index (κ1) is 25.9. The minimum absolute atomic E-state index is 0.284. The van der Waals surface area contributed by atoms with Crippen molar-refractivity contribution in [3.05, 3.63) is 58.8 Å². The van der Waals surface area contributed by atoms with Gasteiger partial charge in [-0.25, -0.2) is 8.42 Å². The van der Waals surface area contributed by atoms with Crippen LogP contribution in [0.4, 0.5) is 5.69 Å². The number of hydrogen-bond donors (Lipinski definition) is 3. The fourth-order valence-electron chi connectivity index (χ4n) is 4.07. The van der Waals surface area contributed by atoms with Crippen molar-refractivity contribution in [2.45, 2.75) is 52.4 Å². The van der Waals surface area contributed by atoms with Gasteiger partial charge < -0.3 is 10.3 Å². The first-order valence-corrected chi connectivity index (χ1v) is 13.3. The lowest BCUT2D eigenvalue weighted by molar-refractivity contribution is 0.410. The second-order valence-corrected chi connectivity index (χ2v) is 10.8. The summed E-state index contributed by atoms with van der Waals surface area (Å²) in [4.78, 5) is 3.45. The number of aryl methyl sites for hydroxylation is 3. The van der Waals surface area contributed by atoms with Gasteiger partial charge in [0, 0.05) is 41.4 Å². The monoisotopic (exact) mass is 499 g/mol. The van der Waals surface area contributed by atoms with Crippen LogP contribution in [0.3, 0.4) is 0 Å². The Bertz CT molecular complexity index is 1280. The molecule has 0 aliphatic carbocycles. The molecule has 0 aliphatic heterocycles. The van der Waals surface area contributed by atoms with Crippen molar-refractivity contribution >= 4 is 50.2 Å². The number of nitrogens with zero attached hydrogens (tertiary/aromatic N) is 2. The van der Waals surface area contributed by atoms with Crippen LogP contribution in [-0.2, 0) is 10.0 Å². The van der Waals surface area contributed by atoms with Gasteiger partial charge in [0.25, 0.3) is 0 Å². The highest BCUT2D eigenvalue weighted by Crippen LogP contribution is 2.24. The molecule has 0 atom stereocenters. The van der Waals surface area contributed by atoms with Crippen molar-refractivity contribution in [3.63, 3.8) is 0 Å². The molecule has 0 aliphatic rings. The van der Waals surface area contributed by atoms with E-state index in [4.69, 9.17) is 12.2 Å². The number of rotatable bonds is 9. The van der Waals surface area contributed by atoms with Gasteiger partial charge in [0.15, 0.2) is 5.11 Å². The van der Waals surface area contributed by atoms with E-state index in [9.17, 15) is 8.42 Å². The molecule has 0 spiro atoms. The topological polar surface area (TPSA) is 89.6 Å². The van der Waals surface area contributed by atoms with E-state index >= 15 is 0 Å². The Morgan fingerprint density at radius 2 is 1.74 bits per heavy atom. The molecule has 3 rings (SSSR count). The van der Waals surface area contributed by atoms with Crippen LogP contribution in [0.5, 0.6) is 0 Å². The zero-order chi connectivity index (χ0) is 24.9. The summed E-state index contributed by atoms with van der Waals surface area (Å²) >= 11 is 5.40. The average Bonchev–Trinajstić information content (AvgIpc) is 3.18. The maximum Gasteiger partial charge on any atom is 0.243 e. The molecular weight excluding hydrogens is 466 g/mol. The van der Waals surface area contributed by atoms with Gasteiger partial charge in [-0.05, 0) is 75.2 Å². The third kappa shape index (κ3) is 5.84. The second kappa shape index (κ2) is 11.1. The Morgan fingerprint density at radius 1 is 1.09 bits per heavy atom. The van der Waals surface area contributed by atoms with Crippen molar-refractivity contribution in [3.8, 4) is 0 Å². The molecule has 3 aromatic rings. The molecule has 0 saturated carbocycles. The summed E-state index contributed by atoms with van der Waals surface area (Å²) in [5, 5.41) is 8.63. The maximum absolute atomic E-state index is 13.2. The first-order valence-electron chi connectivity index (χ1n) is 11.5. The minimum atomic E-state index is -3.56. The average molecular weight is 500 g/mol. The fourth-order valence-corrected chi connectivity index (χ4v) is 5.87. The molecule has 0 bridgehead atoms. The predicted octanol–water partition coefficient (Wildman–Crippen LogP) is 5.22. The quantitative estimate of drug-likeness (QED) is 0.213. The van der Waals surface area contributed by atoms with Crippen LogP contribution < -0.4 is 10.7 Å². The van der Waals surface area contributed by atoms with Gasteiger partial charge in [0.2, 0.25) is 10.0 Å². The smallest absolute Gasteiger partial charge is 0.243 e. The number of H-pyrrole nitrogens is 1. The zero-order valence-electron chi connectivity index (χ0n) is 20.4. The molecule has 0 saturated heterocycles. The van der Waals surface area contributed by atoms with Crippen molar-refractivity contribution < 1.29 is 8.42 Å². The zero-order valence-corrected chi connectivity index (χ0v) is 22.0. The molecular formula is C25H33N5O2S2. The number of nitrogens with one attached hydrogen (secondary N) is 3. The van der Waals surface area contributed by atoms with Crippen molar-refractivity contribution in [2.24, 2.45) is 5.10 Å². The number of benzene rings is 2. The normalized spacial score (nSPS) is 12.1. The van der Waals surface area contributed by atoms with Gasteiger partial charge in [-0.1, -0.05) is 31.5 Å². The molecule has 1 aromatic heterocycles. The summed E-state index contributed by atoms with van der Waals surface area (Å²) in [6, 6.07) is 9.34. The number of hydrazone groups is 1. The van der Waals surface area contributed by atoms with Gasteiger partial charge in [-0.15, -0.1) is 0 Å². The van der Waals surface area contributed by atoms with E-state index in [1.54, 1.807) is 34.9 Å². The number of anilines is 1. The van der Waals surface area contributed by atoms with Crippen LogP contribution in [0.2, 0.25) is 0 Å². The Kier molecular flexibility index (Phi) is 8.46. The number of hydrogen-bond acceptors (Lipinski definition) is 4. The van der Waals surface area contributed by atoms with E-state index in [1.165, 1.54) is 5.56 Å². The van der Waals surface area contributed by atoms with E-state index < -0.39 is 10.0 Å². The standard InChI is InChI=1S/C25H33N5O2S2/c1-6-10-30(11-7-2)34(31,32)21-8-9-23-22(14-21)20(15-26-23)16-27-29-25(33)28-24-18(4)12-17(3)13-19(24)5/h8-9,12-16,26H,6-7,10-11H2,1-5H3,(H2,28,29,33)/b27-16+. The highest BCUT2D eigenvalue weighted by molar-refractivity contribution is 7.89. The summed E-state index contributed by atoms with van der Waals surface area (Å²) in [7, 11) is -3.56. The summed E-state index contributed by atoms with van der Waals surface area (Å²) in [5.74, 6) is 0. The summed E-state index contributed by atoms with van der Waals surface area (Å²) in [5.41, 5.74) is 8.83. The van der Waals surface area contributed by atoms with E-state index in [0.29, 0.717) is 18.2 Å². The second-order valence-electron chi connectivity index (χ2n) is 8.45. The number of aromatic amines is 1. The lowest BCUT2D eigenvalue weighted by Gasteiger charge is -2.21. The molecule has 9 heteroatoms. The molecule has 3 N–H and O–H groups in total. The van der Waals surface area contributed by atoms with Crippen molar-refractivity contribution in [1.29, 1.82) is 0 Å². The lowest BCUT2D eigenvalue weighted by atomic mass is 10.1. The van der Waals surface area contributed by atoms with Crippen molar-refractivity contribution in [2.75, 3.05) is 18.4 Å². The van der Waals surface area contributed by atoms with Gasteiger partial charge in [0.05, 0.1) is 11.1 Å². The Balaban J connectivity index is 1.78. The van der Waals surface area contributed by atoms with Crippen LogP contribution in [0, 0.1) is 20.8 Å². The minimum Gasteiger partial charge on any atom is -0.361 e. The molecule has 1 heterocycles. The first-order chi connectivity index (χ1) is 16.2. The SMILES string of the molecule is CCCN(CCC)S(=O)(=O)c1ccc2[nH]cc(/C=N/NC(=S)Nc3c(C)cc(C)cc3C)c2c1. The van der Waals surface area contributed by atoms with Gasteiger partial charge in [0.1, 0.15) is 0 Å². The molecule has 0 unspecified atom stereocenters. The van der Waals surface area contributed by atoms with Crippen LogP contribution >= 0.6 is 12.2 Å². The Hall–Kier alpha value is -2.75. The van der Waals surface area contributed by atoms with Gasteiger partial charge in [-0.3, -0.25) is 5.43 Å². The third-order valence-corrected chi connectivity index (χ3v) is 7.64. The molecule has 7 nitrogen and oxygen atoms in total. The van der Waals surface area contributed by atoms with E-state index in [-0.39, 0.29) is 4.90 Å². The van der Waals surface area contributed by atoms with Crippen LogP contribution in [-0.4, -0.2) is 42.1 Å². The number of sulfonamides is 1. The highest BCUT2D eigenvalue weighted by Gasteiger charge is 2.23. The molecule has 2 aromatic carbocycles. The maximum atomic E-state index is 13.2. The number of thiocarbonyl (C=S) groups is 1. The molecule has 0 radical (unpaired) electrons. The third-order valence-electron chi connectivity index (χ3n) is 5.55. The van der Waals surface area contributed by atoms with Crippen LogP contribution in [0.1, 0.15) is 48.9 Å². The summed E-state index contributed by atoms with van der Waals surface area (Å²) in [6.07, 6.45) is 4.97. The highest BCUT2D eigenvalue weighted by atomic mass is 32.2. The van der Waals surface area contributed by atoms with Gasteiger partial charge in [-0.2, -0.15) is 9.41 Å². The Labute approximate surface area is 207 Å².